The van der Waals surface area contributed by atoms with Gasteiger partial charge in [-0.3, -0.25) is 4.68 Å². The number of aromatic nitrogens is 2. The summed E-state index contributed by atoms with van der Waals surface area (Å²) >= 11 is 11.1. The molecule has 0 fully saturated rings. The highest BCUT2D eigenvalue weighted by atomic mass is 79.9. The second kappa shape index (κ2) is 7.44. The fraction of sp³-hybridized carbons (Fsp3) is 0.769. The summed E-state index contributed by atoms with van der Waals surface area (Å²) in [5.41, 5.74) is 2.76. The summed E-state index contributed by atoms with van der Waals surface area (Å²) < 4.78 is 3.34. The topological polar surface area (TPSA) is 17.8 Å². The third kappa shape index (κ3) is 3.40. The predicted molar refractivity (Wildman–Crippen MR) is 89.0 cm³/mol. The third-order valence-corrected chi connectivity index (χ3v) is 6.85. The molecule has 0 unspecified atom stereocenters. The van der Waals surface area contributed by atoms with Crippen LogP contribution < -0.4 is 0 Å². The number of hydrogen-bond acceptors (Lipinski definition) is 1. The first-order valence-corrected chi connectivity index (χ1v) is 9.47. The number of rotatable bonds is 7. The van der Waals surface area contributed by atoms with Gasteiger partial charge in [0.25, 0.3) is 0 Å². The number of alkyl halides is 2. The molecule has 0 saturated carbocycles. The van der Waals surface area contributed by atoms with Crippen molar-refractivity contribution in [2.45, 2.75) is 46.6 Å². The molecule has 18 heavy (non-hydrogen) atoms. The quantitative estimate of drug-likeness (QED) is 0.543. The lowest BCUT2D eigenvalue weighted by Crippen LogP contribution is -2.28. The Hall–Kier alpha value is 0.650. The second-order valence-corrected chi connectivity index (χ2v) is 6.59. The summed E-state index contributed by atoms with van der Waals surface area (Å²) in [6, 6.07) is 0. The summed E-state index contributed by atoms with van der Waals surface area (Å²) in [6.07, 6.45) is 3.16. The summed E-state index contributed by atoms with van der Waals surface area (Å²) in [5, 5.41) is 6.68. The Kier molecular flexibility index (Phi) is 6.90. The van der Waals surface area contributed by atoms with E-state index in [2.05, 4.69) is 78.3 Å². The minimum atomic E-state index is 0.264. The van der Waals surface area contributed by atoms with Crippen LogP contribution in [0.4, 0.5) is 0 Å². The van der Waals surface area contributed by atoms with Gasteiger partial charge in [-0.1, -0.05) is 45.7 Å². The van der Waals surface area contributed by atoms with Crippen molar-refractivity contribution in [2.75, 3.05) is 10.7 Å². The van der Waals surface area contributed by atoms with E-state index in [0.29, 0.717) is 0 Å². The molecular weight excluding hydrogens is 424 g/mol. The molecule has 104 valence electrons. The predicted octanol–water partition coefficient (Wildman–Crippen LogP) is 4.96. The molecule has 0 bridgehead atoms. The number of nitrogens with zero attached hydrogens (tertiary/aromatic N) is 2. The van der Waals surface area contributed by atoms with Crippen molar-refractivity contribution >= 4 is 47.8 Å². The van der Waals surface area contributed by atoms with Gasteiger partial charge in [0.05, 0.1) is 15.9 Å². The van der Waals surface area contributed by atoms with Gasteiger partial charge in [0.2, 0.25) is 0 Å². The van der Waals surface area contributed by atoms with Gasteiger partial charge < -0.3 is 0 Å². The van der Waals surface area contributed by atoms with Crippen LogP contribution in [0.1, 0.15) is 38.6 Å². The maximum atomic E-state index is 4.67. The molecule has 1 aromatic rings. The van der Waals surface area contributed by atoms with Crippen molar-refractivity contribution in [1.29, 1.82) is 0 Å². The molecule has 0 saturated heterocycles. The monoisotopic (exact) mass is 442 g/mol. The van der Waals surface area contributed by atoms with E-state index in [9.17, 15) is 0 Å². The Morgan fingerprint density at radius 3 is 2.17 bits per heavy atom. The van der Waals surface area contributed by atoms with E-state index in [4.69, 9.17) is 0 Å². The molecule has 0 amide bonds. The molecule has 1 heterocycles. The largest absolute Gasteiger partial charge is 0.268 e. The molecule has 0 aliphatic carbocycles. The molecule has 5 heteroatoms. The molecule has 1 aromatic heterocycles. The van der Waals surface area contributed by atoms with E-state index >= 15 is 0 Å². The van der Waals surface area contributed by atoms with Crippen LogP contribution in [0.2, 0.25) is 0 Å². The summed E-state index contributed by atoms with van der Waals surface area (Å²) in [7, 11) is 0. The molecule has 0 atom stereocenters. The minimum Gasteiger partial charge on any atom is -0.268 e. The molecule has 0 spiro atoms. The molecule has 0 aliphatic heterocycles. The van der Waals surface area contributed by atoms with Crippen LogP contribution in [0.5, 0.6) is 0 Å². The highest BCUT2D eigenvalue weighted by molar-refractivity contribution is 9.10. The lowest BCUT2D eigenvalue weighted by atomic mass is 9.85. The van der Waals surface area contributed by atoms with E-state index in [1.54, 1.807) is 0 Å². The average molecular weight is 445 g/mol. The van der Waals surface area contributed by atoms with E-state index in [1.165, 1.54) is 15.9 Å². The maximum absolute atomic E-state index is 4.67. The molecule has 0 aliphatic rings. The van der Waals surface area contributed by atoms with Crippen LogP contribution in [0.3, 0.4) is 0 Å². The second-order valence-electron chi connectivity index (χ2n) is 4.67. The van der Waals surface area contributed by atoms with Crippen molar-refractivity contribution < 1.29 is 0 Å². The highest BCUT2D eigenvalue weighted by Crippen LogP contribution is 2.35. The lowest BCUT2D eigenvalue weighted by molar-refractivity contribution is 0.359. The van der Waals surface area contributed by atoms with Gasteiger partial charge in [0, 0.05) is 17.2 Å². The zero-order chi connectivity index (χ0) is 13.8. The molecule has 0 N–H and O–H groups in total. The fourth-order valence-corrected chi connectivity index (χ4v) is 4.81. The Morgan fingerprint density at radius 1 is 1.17 bits per heavy atom. The van der Waals surface area contributed by atoms with E-state index in [1.807, 2.05) is 0 Å². The first-order valence-electron chi connectivity index (χ1n) is 6.43. The van der Waals surface area contributed by atoms with Crippen LogP contribution in [0, 0.1) is 5.41 Å². The summed E-state index contributed by atoms with van der Waals surface area (Å²) in [5.74, 6) is 0. The molecule has 2 nitrogen and oxygen atoms in total. The van der Waals surface area contributed by atoms with Gasteiger partial charge in [0.15, 0.2) is 0 Å². The minimum absolute atomic E-state index is 0.264. The smallest absolute Gasteiger partial charge is 0.0766 e. The molecular formula is C13H21Br3N2. The zero-order valence-corrected chi connectivity index (χ0v) is 16.0. The normalized spacial score (nSPS) is 12.1. The Bertz CT molecular complexity index is 376. The van der Waals surface area contributed by atoms with Crippen LogP contribution in [0.15, 0.2) is 4.47 Å². The first-order chi connectivity index (χ1) is 8.57. The zero-order valence-electron chi connectivity index (χ0n) is 11.3. The van der Waals surface area contributed by atoms with Crippen LogP contribution >= 0.6 is 47.8 Å². The van der Waals surface area contributed by atoms with Gasteiger partial charge in [-0.15, -0.1) is 0 Å². The maximum Gasteiger partial charge on any atom is 0.0766 e. The van der Waals surface area contributed by atoms with Gasteiger partial charge in [0.1, 0.15) is 0 Å². The van der Waals surface area contributed by atoms with Crippen molar-refractivity contribution in [3.05, 3.63) is 15.9 Å². The van der Waals surface area contributed by atoms with Gasteiger partial charge in [-0.05, 0) is 47.5 Å². The third-order valence-electron chi connectivity index (χ3n) is 3.55. The average Bonchev–Trinajstić information content (AvgIpc) is 2.72. The van der Waals surface area contributed by atoms with Crippen molar-refractivity contribution in [1.82, 2.24) is 9.78 Å². The number of halogens is 3. The van der Waals surface area contributed by atoms with Crippen LogP contribution in [0.25, 0.3) is 0 Å². The SMILES string of the molecule is CCc1nn(CC)c(CC(CC)(CBr)CBr)c1Br. The summed E-state index contributed by atoms with van der Waals surface area (Å²) in [6.45, 7) is 7.49. The van der Waals surface area contributed by atoms with E-state index in [-0.39, 0.29) is 5.41 Å². The Labute approximate surface area is 135 Å². The van der Waals surface area contributed by atoms with Crippen molar-refractivity contribution in [2.24, 2.45) is 5.41 Å². The van der Waals surface area contributed by atoms with Crippen molar-refractivity contribution in [3.8, 4) is 0 Å². The number of aryl methyl sites for hydroxylation is 2. The van der Waals surface area contributed by atoms with E-state index < -0.39 is 0 Å². The molecule has 1 rings (SSSR count). The fourth-order valence-electron chi connectivity index (χ4n) is 1.99. The summed E-state index contributed by atoms with van der Waals surface area (Å²) in [4.78, 5) is 0. The standard InChI is InChI=1S/C13H21Br3N2/c1-4-10-12(16)11(18(6-3)17-10)7-13(5-2,8-14)9-15/h4-9H2,1-3H3. The highest BCUT2D eigenvalue weighted by Gasteiger charge is 2.29. The van der Waals surface area contributed by atoms with Crippen LogP contribution in [-0.4, -0.2) is 20.4 Å². The van der Waals surface area contributed by atoms with Gasteiger partial charge in [-0.2, -0.15) is 5.10 Å². The van der Waals surface area contributed by atoms with Crippen LogP contribution in [-0.2, 0) is 19.4 Å². The lowest BCUT2D eigenvalue weighted by Gasteiger charge is -2.29. The Balaban J connectivity index is 3.12. The van der Waals surface area contributed by atoms with Gasteiger partial charge in [-0.25, -0.2) is 0 Å². The first kappa shape index (κ1) is 16.7. The van der Waals surface area contributed by atoms with Crippen molar-refractivity contribution in [3.63, 3.8) is 0 Å². The van der Waals surface area contributed by atoms with E-state index in [0.717, 1.165) is 36.5 Å². The number of hydrogen-bond donors (Lipinski definition) is 0. The Morgan fingerprint density at radius 2 is 1.78 bits per heavy atom. The molecule has 0 radical (unpaired) electrons. The molecule has 0 aromatic carbocycles. The van der Waals surface area contributed by atoms with Gasteiger partial charge >= 0.3 is 0 Å².